The molecule has 2 aromatic heterocycles. The van der Waals surface area contributed by atoms with Crippen LogP contribution in [0.4, 0.5) is 0 Å². The molecule has 0 aliphatic carbocycles. The number of nitrogens with zero attached hydrogens (tertiary/aromatic N) is 3. The third kappa shape index (κ3) is 2.33. The van der Waals surface area contributed by atoms with Crippen molar-refractivity contribution >= 4 is 11.0 Å². The largest absolute Gasteiger partial charge is 0.322 e. The van der Waals surface area contributed by atoms with Crippen molar-refractivity contribution in [3.8, 4) is 0 Å². The lowest BCUT2D eigenvalue weighted by Gasteiger charge is -2.32. The van der Waals surface area contributed by atoms with Crippen LogP contribution in [0.15, 0.2) is 18.5 Å². The number of piperidine rings is 1. The van der Waals surface area contributed by atoms with Crippen molar-refractivity contribution in [3.63, 3.8) is 0 Å². The van der Waals surface area contributed by atoms with Crippen molar-refractivity contribution in [1.29, 1.82) is 0 Å². The Bertz CT molecular complexity index is 608. The second-order valence-corrected chi connectivity index (χ2v) is 6.92. The fourth-order valence-electron chi connectivity index (χ4n) is 3.30. The molecule has 1 aliphatic rings. The number of pyridine rings is 1. The highest BCUT2D eigenvalue weighted by molar-refractivity contribution is 5.75. The van der Waals surface area contributed by atoms with E-state index >= 15 is 0 Å². The summed E-state index contributed by atoms with van der Waals surface area (Å²) in [6.07, 6.45) is 6.07. The summed E-state index contributed by atoms with van der Waals surface area (Å²) in [5, 5.41) is 3.52. The third-order valence-corrected chi connectivity index (χ3v) is 4.14. The zero-order chi connectivity index (χ0) is 14.3. The van der Waals surface area contributed by atoms with Crippen LogP contribution >= 0.6 is 0 Å². The minimum Gasteiger partial charge on any atom is -0.322 e. The Kier molecular flexibility index (Phi) is 3.28. The van der Waals surface area contributed by atoms with Gasteiger partial charge in [-0.05, 0) is 53.1 Å². The Labute approximate surface area is 120 Å². The van der Waals surface area contributed by atoms with Gasteiger partial charge in [-0.15, -0.1) is 0 Å². The molecule has 108 valence electrons. The van der Waals surface area contributed by atoms with Gasteiger partial charge in [-0.1, -0.05) is 0 Å². The van der Waals surface area contributed by atoms with Gasteiger partial charge in [0, 0.05) is 23.7 Å². The molecular formula is C16H24N4. The normalized spacial score (nSPS) is 24.2. The van der Waals surface area contributed by atoms with E-state index in [2.05, 4.69) is 48.6 Å². The van der Waals surface area contributed by atoms with Gasteiger partial charge < -0.3 is 9.88 Å². The second-order valence-electron chi connectivity index (χ2n) is 6.92. The van der Waals surface area contributed by atoms with Crippen molar-refractivity contribution in [3.05, 3.63) is 24.3 Å². The van der Waals surface area contributed by atoms with Gasteiger partial charge in [0.15, 0.2) is 0 Å². The van der Waals surface area contributed by atoms with Gasteiger partial charge in [-0.2, -0.15) is 0 Å². The van der Waals surface area contributed by atoms with Crippen LogP contribution in [0.25, 0.3) is 11.0 Å². The predicted molar refractivity (Wildman–Crippen MR) is 82.0 cm³/mol. The van der Waals surface area contributed by atoms with Crippen LogP contribution < -0.4 is 5.32 Å². The summed E-state index contributed by atoms with van der Waals surface area (Å²) >= 11 is 0. The molecule has 0 bridgehead atoms. The highest BCUT2D eigenvalue weighted by Gasteiger charge is 2.29. The summed E-state index contributed by atoms with van der Waals surface area (Å²) in [7, 11) is 0. The molecule has 1 saturated heterocycles. The molecule has 1 fully saturated rings. The van der Waals surface area contributed by atoms with Crippen LogP contribution in [0.3, 0.4) is 0 Å². The molecule has 1 aliphatic heterocycles. The molecule has 0 aromatic carbocycles. The highest BCUT2D eigenvalue weighted by Crippen LogP contribution is 2.33. The van der Waals surface area contributed by atoms with Gasteiger partial charge in [-0.3, -0.25) is 4.98 Å². The first-order valence-corrected chi connectivity index (χ1v) is 7.53. The maximum Gasteiger partial charge on any atom is 0.113 e. The number of hydrogen-bond acceptors (Lipinski definition) is 3. The van der Waals surface area contributed by atoms with Crippen molar-refractivity contribution < 1.29 is 0 Å². The van der Waals surface area contributed by atoms with Gasteiger partial charge >= 0.3 is 0 Å². The molecule has 20 heavy (non-hydrogen) atoms. The number of nitrogens with one attached hydrogen (secondary N) is 1. The Hall–Kier alpha value is -1.42. The maximum absolute atomic E-state index is 4.91. The molecule has 0 spiro atoms. The fourth-order valence-corrected chi connectivity index (χ4v) is 3.30. The molecule has 2 atom stereocenters. The zero-order valence-electron chi connectivity index (χ0n) is 12.8. The summed E-state index contributed by atoms with van der Waals surface area (Å²) in [6.45, 7) is 10.1. The van der Waals surface area contributed by atoms with Crippen LogP contribution in [0.2, 0.25) is 0 Å². The van der Waals surface area contributed by atoms with E-state index in [4.69, 9.17) is 4.98 Å². The fraction of sp³-hybridized carbons (Fsp3) is 0.625. The zero-order valence-corrected chi connectivity index (χ0v) is 12.8. The predicted octanol–water partition coefficient (Wildman–Crippen LogP) is 3.04. The minimum absolute atomic E-state index is 0.0412. The number of imidazole rings is 1. The summed E-state index contributed by atoms with van der Waals surface area (Å²) in [6, 6.07) is 2.65. The summed E-state index contributed by atoms with van der Waals surface area (Å²) in [5.41, 5.74) is 2.26. The number of fused-ring (bicyclic) bond motifs is 1. The lowest BCUT2D eigenvalue weighted by Crippen LogP contribution is -2.36. The van der Waals surface area contributed by atoms with E-state index in [0.717, 1.165) is 24.9 Å². The quantitative estimate of drug-likeness (QED) is 0.867. The van der Waals surface area contributed by atoms with E-state index in [9.17, 15) is 0 Å². The Morgan fingerprint density at radius 2 is 2.15 bits per heavy atom. The summed E-state index contributed by atoms with van der Waals surface area (Å²) in [5.74, 6) is 1.77. The Balaban J connectivity index is 2.14. The van der Waals surface area contributed by atoms with Crippen LogP contribution in [0.5, 0.6) is 0 Å². The lowest BCUT2D eigenvalue weighted by molar-refractivity contribution is 0.331. The molecule has 2 unspecified atom stereocenters. The first-order chi connectivity index (χ1) is 9.47. The first-order valence-electron chi connectivity index (χ1n) is 7.53. The number of rotatable bonds is 1. The summed E-state index contributed by atoms with van der Waals surface area (Å²) < 4.78 is 2.41. The van der Waals surface area contributed by atoms with Crippen molar-refractivity contribution in [2.45, 2.75) is 58.0 Å². The van der Waals surface area contributed by atoms with E-state index in [1.165, 1.54) is 11.3 Å². The molecule has 0 radical (unpaired) electrons. The SMILES string of the molecule is CC1CC(c2nc3cnccc3n2C(C)(C)C)CCN1. The van der Waals surface area contributed by atoms with E-state index in [-0.39, 0.29) is 5.54 Å². The van der Waals surface area contributed by atoms with E-state index in [1.54, 1.807) is 0 Å². The standard InChI is InChI=1S/C16H24N4/c1-11-9-12(5-8-18-11)15-19-13-10-17-7-6-14(13)20(15)16(2,3)4/h6-7,10-12,18H,5,8-9H2,1-4H3. The third-order valence-electron chi connectivity index (χ3n) is 4.14. The Morgan fingerprint density at radius 3 is 2.85 bits per heavy atom. The molecule has 3 rings (SSSR count). The Morgan fingerprint density at radius 1 is 1.35 bits per heavy atom. The average molecular weight is 272 g/mol. The maximum atomic E-state index is 4.91. The van der Waals surface area contributed by atoms with Crippen LogP contribution in [-0.4, -0.2) is 27.1 Å². The molecule has 4 nitrogen and oxygen atoms in total. The van der Waals surface area contributed by atoms with E-state index in [1.807, 2.05) is 12.4 Å². The van der Waals surface area contributed by atoms with Gasteiger partial charge in [-0.25, -0.2) is 4.98 Å². The van der Waals surface area contributed by atoms with Crippen molar-refractivity contribution in [1.82, 2.24) is 19.9 Å². The second kappa shape index (κ2) is 4.85. The first kappa shape index (κ1) is 13.6. The number of aromatic nitrogens is 3. The van der Waals surface area contributed by atoms with Crippen LogP contribution in [-0.2, 0) is 5.54 Å². The van der Waals surface area contributed by atoms with Gasteiger partial charge in [0.05, 0.1) is 11.7 Å². The minimum atomic E-state index is 0.0412. The molecule has 4 heteroatoms. The lowest BCUT2D eigenvalue weighted by atomic mass is 9.91. The van der Waals surface area contributed by atoms with Gasteiger partial charge in [0.2, 0.25) is 0 Å². The van der Waals surface area contributed by atoms with Gasteiger partial charge in [0.1, 0.15) is 11.3 Å². The molecule has 0 amide bonds. The monoisotopic (exact) mass is 272 g/mol. The highest BCUT2D eigenvalue weighted by atomic mass is 15.1. The molecular weight excluding hydrogens is 248 g/mol. The van der Waals surface area contributed by atoms with Crippen LogP contribution in [0.1, 0.15) is 52.3 Å². The van der Waals surface area contributed by atoms with Crippen molar-refractivity contribution in [2.75, 3.05) is 6.54 Å². The smallest absolute Gasteiger partial charge is 0.113 e. The van der Waals surface area contributed by atoms with E-state index < -0.39 is 0 Å². The topological polar surface area (TPSA) is 42.7 Å². The average Bonchev–Trinajstić information content (AvgIpc) is 2.77. The molecule has 2 aromatic rings. The van der Waals surface area contributed by atoms with Crippen molar-refractivity contribution in [2.24, 2.45) is 0 Å². The molecule has 0 saturated carbocycles. The summed E-state index contributed by atoms with van der Waals surface area (Å²) in [4.78, 5) is 9.13. The van der Waals surface area contributed by atoms with E-state index in [0.29, 0.717) is 12.0 Å². The molecule has 3 heterocycles. The van der Waals surface area contributed by atoms with Crippen LogP contribution in [0, 0.1) is 0 Å². The molecule has 1 N–H and O–H groups in total. The van der Waals surface area contributed by atoms with Gasteiger partial charge in [0.25, 0.3) is 0 Å². The number of hydrogen-bond donors (Lipinski definition) is 1.